The number of hydrogen-bond acceptors (Lipinski definition) is 3. The second kappa shape index (κ2) is 7.15. The lowest BCUT2D eigenvalue weighted by molar-refractivity contribution is -0.182. The van der Waals surface area contributed by atoms with Gasteiger partial charge >= 0.3 is 6.18 Å². The number of carbonyl (C=O) groups is 1. The summed E-state index contributed by atoms with van der Waals surface area (Å²) in [5.74, 6) is -1.48. The number of rotatable bonds is 2. The minimum Gasteiger partial charge on any atom is -0.381 e. The zero-order chi connectivity index (χ0) is 14.8. The van der Waals surface area contributed by atoms with Gasteiger partial charge in [-0.1, -0.05) is 0 Å². The van der Waals surface area contributed by atoms with Crippen LogP contribution in [0.15, 0.2) is 0 Å². The second-order valence-electron chi connectivity index (χ2n) is 5.83. The van der Waals surface area contributed by atoms with E-state index >= 15 is 0 Å². The van der Waals surface area contributed by atoms with Crippen LogP contribution in [0.5, 0.6) is 0 Å². The molecule has 0 spiro atoms. The Morgan fingerprint density at radius 2 is 1.67 bits per heavy atom. The molecule has 1 heterocycles. The van der Waals surface area contributed by atoms with E-state index in [0.29, 0.717) is 38.9 Å². The van der Waals surface area contributed by atoms with Crippen molar-refractivity contribution in [2.24, 2.45) is 11.7 Å². The lowest BCUT2D eigenvalue weighted by Crippen LogP contribution is -2.59. The molecule has 0 aromatic carbocycles. The standard InChI is InChI=1S/C13H21F3N2O2.ClH/c14-13(15,16)9-1-3-10(4-2-9)18-11(19)12(17)5-7-20-8-6-12;/h9-10H,1-8,17H2,(H,18,19);1H. The van der Waals surface area contributed by atoms with Gasteiger partial charge in [0.15, 0.2) is 0 Å². The quantitative estimate of drug-likeness (QED) is 0.815. The number of ether oxygens (including phenoxy) is 1. The lowest BCUT2D eigenvalue weighted by Gasteiger charge is -2.35. The van der Waals surface area contributed by atoms with Crippen LogP contribution >= 0.6 is 12.4 Å². The van der Waals surface area contributed by atoms with Crippen molar-refractivity contribution < 1.29 is 22.7 Å². The number of halogens is 4. The molecule has 0 aromatic heterocycles. The number of amides is 1. The van der Waals surface area contributed by atoms with Crippen molar-refractivity contribution in [3.05, 3.63) is 0 Å². The molecule has 1 aliphatic heterocycles. The third-order valence-corrected chi connectivity index (χ3v) is 4.36. The molecular weight excluding hydrogens is 309 g/mol. The fourth-order valence-electron chi connectivity index (χ4n) is 2.86. The van der Waals surface area contributed by atoms with E-state index in [-0.39, 0.29) is 37.2 Å². The van der Waals surface area contributed by atoms with Crippen molar-refractivity contribution in [2.45, 2.75) is 56.3 Å². The highest BCUT2D eigenvalue weighted by Gasteiger charge is 2.42. The van der Waals surface area contributed by atoms with E-state index in [1.807, 2.05) is 0 Å². The number of carbonyl (C=O) groups excluding carboxylic acids is 1. The summed E-state index contributed by atoms with van der Waals surface area (Å²) in [4.78, 5) is 12.2. The first-order valence-electron chi connectivity index (χ1n) is 7.05. The van der Waals surface area contributed by atoms with Crippen LogP contribution in [-0.2, 0) is 9.53 Å². The largest absolute Gasteiger partial charge is 0.391 e. The molecule has 2 fully saturated rings. The smallest absolute Gasteiger partial charge is 0.381 e. The maximum Gasteiger partial charge on any atom is 0.391 e. The Morgan fingerprint density at radius 1 is 1.14 bits per heavy atom. The van der Waals surface area contributed by atoms with Crippen LogP contribution in [0.4, 0.5) is 13.2 Å². The van der Waals surface area contributed by atoms with E-state index in [9.17, 15) is 18.0 Å². The highest BCUT2D eigenvalue weighted by molar-refractivity contribution is 5.86. The van der Waals surface area contributed by atoms with Crippen LogP contribution in [0.2, 0.25) is 0 Å². The molecule has 1 aliphatic carbocycles. The van der Waals surface area contributed by atoms with Crippen LogP contribution in [0.3, 0.4) is 0 Å². The third kappa shape index (κ3) is 4.72. The van der Waals surface area contributed by atoms with Crippen LogP contribution in [-0.4, -0.2) is 36.9 Å². The van der Waals surface area contributed by atoms with Gasteiger partial charge in [-0.3, -0.25) is 4.79 Å². The van der Waals surface area contributed by atoms with Gasteiger partial charge in [-0.05, 0) is 38.5 Å². The first kappa shape index (κ1) is 18.5. The first-order valence-corrected chi connectivity index (χ1v) is 7.05. The molecule has 1 saturated carbocycles. The maximum absolute atomic E-state index is 12.6. The van der Waals surface area contributed by atoms with E-state index in [2.05, 4.69) is 5.32 Å². The lowest BCUT2D eigenvalue weighted by atomic mass is 9.84. The Morgan fingerprint density at radius 3 is 2.14 bits per heavy atom. The Bertz CT molecular complexity index is 352. The first-order chi connectivity index (χ1) is 9.31. The summed E-state index contributed by atoms with van der Waals surface area (Å²) in [5, 5.41) is 2.81. The van der Waals surface area contributed by atoms with Gasteiger partial charge in [0.1, 0.15) is 0 Å². The molecule has 1 saturated heterocycles. The molecule has 2 aliphatic rings. The Kier molecular flexibility index (Phi) is 6.31. The summed E-state index contributed by atoms with van der Waals surface area (Å²) < 4.78 is 42.9. The van der Waals surface area contributed by atoms with Crippen molar-refractivity contribution >= 4 is 18.3 Å². The van der Waals surface area contributed by atoms with E-state index in [1.165, 1.54) is 0 Å². The molecule has 0 atom stereocenters. The molecule has 1 amide bonds. The average Bonchev–Trinajstić information content (AvgIpc) is 2.39. The van der Waals surface area contributed by atoms with Crippen molar-refractivity contribution in [1.82, 2.24) is 5.32 Å². The summed E-state index contributed by atoms with van der Waals surface area (Å²) in [7, 11) is 0. The summed E-state index contributed by atoms with van der Waals surface area (Å²) >= 11 is 0. The van der Waals surface area contributed by atoms with E-state index < -0.39 is 17.6 Å². The van der Waals surface area contributed by atoms with E-state index in [4.69, 9.17) is 10.5 Å². The van der Waals surface area contributed by atoms with Crippen LogP contribution in [0.25, 0.3) is 0 Å². The van der Waals surface area contributed by atoms with Gasteiger partial charge in [0.05, 0.1) is 11.5 Å². The highest BCUT2D eigenvalue weighted by atomic mass is 35.5. The van der Waals surface area contributed by atoms with Crippen LogP contribution < -0.4 is 11.1 Å². The predicted molar refractivity (Wildman–Crippen MR) is 74.2 cm³/mol. The maximum atomic E-state index is 12.6. The average molecular weight is 331 g/mol. The summed E-state index contributed by atoms with van der Waals surface area (Å²) in [5.41, 5.74) is 5.11. The van der Waals surface area contributed by atoms with Gasteiger partial charge in [-0.15, -0.1) is 12.4 Å². The number of alkyl halides is 3. The number of hydrogen-bond donors (Lipinski definition) is 2. The molecule has 8 heteroatoms. The Labute approximate surface area is 128 Å². The zero-order valence-electron chi connectivity index (χ0n) is 11.7. The number of nitrogens with two attached hydrogens (primary N) is 1. The van der Waals surface area contributed by atoms with Gasteiger partial charge < -0.3 is 15.8 Å². The van der Waals surface area contributed by atoms with Crippen molar-refractivity contribution in [3.63, 3.8) is 0 Å². The monoisotopic (exact) mass is 330 g/mol. The molecule has 0 unspecified atom stereocenters. The number of nitrogens with one attached hydrogen (secondary N) is 1. The van der Waals surface area contributed by atoms with Crippen molar-refractivity contribution in [3.8, 4) is 0 Å². The third-order valence-electron chi connectivity index (χ3n) is 4.36. The molecule has 4 nitrogen and oxygen atoms in total. The molecule has 0 bridgehead atoms. The van der Waals surface area contributed by atoms with Crippen molar-refractivity contribution in [2.75, 3.05) is 13.2 Å². The Hall–Kier alpha value is -0.530. The van der Waals surface area contributed by atoms with Crippen LogP contribution in [0.1, 0.15) is 38.5 Å². The molecular formula is C13H22ClF3N2O2. The van der Waals surface area contributed by atoms with E-state index in [0.717, 1.165) is 0 Å². The molecule has 0 aromatic rings. The van der Waals surface area contributed by atoms with E-state index in [1.54, 1.807) is 0 Å². The van der Waals surface area contributed by atoms with Gasteiger partial charge in [-0.2, -0.15) is 13.2 Å². The second-order valence-corrected chi connectivity index (χ2v) is 5.83. The molecule has 21 heavy (non-hydrogen) atoms. The van der Waals surface area contributed by atoms with Gasteiger partial charge in [-0.25, -0.2) is 0 Å². The summed E-state index contributed by atoms with van der Waals surface area (Å²) in [6.45, 7) is 0.898. The predicted octanol–water partition coefficient (Wildman–Crippen LogP) is 2.15. The van der Waals surface area contributed by atoms with Gasteiger partial charge in [0.25, 0.3) is 0 Å². The summed E-state index contributed by atoms with van der Waals surface area (Å²) in [6.07, 6.45) is -2.33. The minimum absolute atomic E-state index is 0. The molecule has 0 radical (unpaired) electrons. The normalized spacial score (nSPS) is 29.3. The molecule has 2 rings (SSSR count). The molecule has 3 N–H and O–H groups in total. The fourth-order valence-corrected chi connectivity index (χ4v) is 2.86. The zero-order valence-corrected chi connectivity index (χ0v) is 12.6. The SMILES string of the molecule is Cl.NC1(C(=O)NC2CCC(C(F)(F)F)CC2)CCOCC1. The minimum atomic E-state index is -4.12. The van der Waals surface area contributed by atoms with Crippen LogP contribution in [0, 0.1) is 5.92 Å². The Balaban J connectivity index is 0.00000220. The van der Waals surface area contributed by atoms with Crippen molar-refractivity contribution in [1.29, 1.82) is 0 Å². The topological polar surface area (TPSA) is 64.4 Å². The highest BCUT2D eigenvalue weighted by Crippen LogP contribution is 2.37. The molecule has 124 valence electrons. The summed E-state index contributed by atoms with van der Waals surface area (Å²) in [6, 6.07) is -0.190. The van der Waals surface area contributed by atoms with Gasteiger partial charge in [0, 0.05) is 19.3 Å². The van der Waals surface area contributed by atoms with Gasteiger partial charge in [0.2, 0.25) is 5.91 Å². The fraction of sp³-hybridized carbons (Fsp3) is 0.923.